The first-order valence-corrected chi connectivity index (χ1v) is 9.16. The number of nitrogens with one attached hydrogen (secondary N) is 1. The Bertz CT molecular complexity index is 985. The second kappa shape index (κ2) is 7.19. The molecule has 0 bridgehead atoms. The van der Waals surface area contributed by atoms with Crippen LogP contribution < -0.4 is 10.2 Å². The van der Waals surface area contributed by atoms with Crippen LogP contribution >= 0.6 is 0 Å². The molecule has 1 unspecified atom stereocenters. The Morgan fingerprint density at radius 2 is 2.04 bits per heavy atom. The van der Waals surface area contributed by atoms with Crippen LogP contribution in [0.3, 0.4) is 0 Å². The molecule has 5 nitrogen and oxygen atoms in total. The summed E-state index contributed by atoms with van der Waals surface area (Å²) in [5.74, 6) is 0.371. The lowest BCUT2D eigenvalue weighted by Gasteiger charge is -2.22. The van der Waals surface area contributed by atoms with Gasteiger partial charge in [0.1, 0.15) is 5.69 Å². The number of nitrogens with zero attached hydrogens (tertiary/aromatic N) is 3. The van der Waals surface area contributed by atoms with E-state index in [0.717, 1.165) is 17.7 Å². The highest BCUT2D eigenvalue weighted by Gasteiger charge is 2.29. The number of benzene rings is 2. The number of para-hydroxylation sites is 1. The van der Waals surface area contributed by atoms with Crippen molar-refractivity contribution in [3.8, 4) is 0 Å². The summed E-state index contributed by atoms with van der Waals surface area (Å²) in [4.78, 5) is 23.6. The number of aromatic nitrogens is 2. The van der Waals surface area contributed by atoms with Gasteiger partial charge in [-0.1, -0.05) is 48.0 Å². The van der Waals surface area contributed by atoms with Crippen molar-refractivity contribution in [2.45, 2.75) is 32.9 Å². The van der Waals surface area contributed by atoms with Gasteiger partial charge in [0.25, 0.3) is 5.91 Å². The normalized spacial score (nSPS) is 15.5. The minimum atomic E-state index is -0.194. The topological polar surface area (TPSA) is 58.1 Å². The van der Waals surface area contributed by atoms with E-state index in [4.69, 9.17) is 0 Å². The number of carbonyl (C=O) groups excluding carboxylic acids is 1. The van der Waals surface area contributed by atoms with Crippen LogP contribution in [0, 0.1) is 6.92 Å². The van der Waals surface area contributed by atoms with Crippen molar-refractivity contribution >= 4 is 17.5 Å². The minimum absolute atomic E-state index is 0.194. The molecule has 2 aromatic carbocycles. The minimum Gasteiger partial charge on any atom is -0.347 e. The van der Waals surface area contributed by atoms with Crippen molar-refractivity contribution in [1.29, 1.82) is 0 Å². The van der Waals surface area contributed by atoms with Gasteiger partial charge in [-0.15, -0.1) is 0 Å². The van der Waals surface area contributed by atoms with Crippen molar-refractivity contribution in [3.05, 3.63) is 83.2 Å². The van der Waals surface area contributed by atoms with Gasteiger partial charge in [0, 0.05) is 24.5 Å². The number of carbonyl (C=O) groups is 1. The van der Waals surface area contributed by atoms with Crippen molar-refractivity contribution < 1.29 is 4.79 Å². The molecule has 1 aliphatic heterocycles. The lowest BCUT2D eigenvalue weighted by atomic mass is 10.1. The number of fused-ring (bicyclic) bond motifs is 1. The van der Waals surface area contributed by atoms with Crippen LogP contribution in [-0.4, -0.2) is 21.9 Å². The molecule has 0 fully saturated rings. The van der Waals surface area contributed by atoms with E-state index in [9.17, 15) is 4.79 Å². The van der Waals surface area contributed by atoms with Gasteiger partial charge in [0.2, 0.25) is 5.95 Å². The third-order valence-electron chi connectivity index (χ3n) is 4.83. The summed E-state index contributed by atoms with van der Waals surface area (Å²) in [5, 5.41) is 2.94. The van der Waals surface area contributed by atoms with Gasteiger partial charge in [0.15, 0.2) is 0 Å². The first kappa shape index (κ1) is 17.2. The predicted octanol–water partition coefficient (Wildman–Crippen LogP) is 3.80. The van der Waals surface area contributed by atoms with E-state index in [1.54, 1.807) is 12.3 Å². The first-order valence-electron chi connectivity index (χ1n) is 9.16. The highest BCUT2D eigenvalue weighted by atomic mass is 16.1. The fraction of sp³-hybridized carbons (Fsp3) is 0.227. The average molecular weight is 358 g/mol. The molecule has 0 saturated heterocycles. The van der Waals surface area contributed by atoms with Crippen molar-refractivity contribution in [2.24, 2.45) is 0 Å². The molecule has 1 N–H and O–H groups in total. The second-order valence-electron chi connectivity index (χ2n) is 6.97. The van der Waals surface area contributed by atoms with Crippen LogP contribution in [0.4, 0.5) is 11.6 Å². The number of aryl methyl sites for hydroxylation is 1. The van der Waals surface area contributed by atoms with Gasteiger partial charge in [0.05, 0.1) is 0 Å². The maximum atomic E-state index is 12.6. The number of amides is 1. The van der Waals surface area contributed by atoms with Crippen LogP contribution in [0.1, 0.15) is 34.1 Å². The lowest BCUT2D eigenvalue weighted by Crippen LogP contribution is -2.28. The van der Waals surface area contributed by atoms with Crippen LogP contribution in [0.5, 0.6) is 0 Å². The van der Waals surface area contributed by atoms with E-state index in [1.807, 2.05) is 37.3 Å². The molecule has 27 heavy (non-hydrogen) atoms. The summed E-state index contributed by atoms with van der Waals surface area (Å²) in [5.41, 5.74) is 5.02. The Morgan fingerprint density at radius 1 is 1.19 bits per heavy atom. The Labute approximate surface area is 159 Å². The van der Waals surface area contributed by atoms with Crippen LogP contribution in [0.25, 0.3) is 0 Å². The average Bonchev–Trinajstić information content (AvgIpc) is 3.02. The molecule has 136 valence electrons. The molecule has 2 heterocycles. The number of hydrogen-bond acceptors (Lipinski definition) is 4. The molecular weight excluding hydrogens is 336 g/mol. The molecular formula is C22H22N4O. The molecule has 5 heteroatoms. The molecule has 1 aliphatic rings. The third-order valence-corrected chi connectivity index (χ3v) is 4.83. The maximum absolute atomic E-state index is 12.6. The SMILES string of the molecule is Cc1cccc(CNC(=O)c2ccnc(N3c4ccccc4CC3C)n2)c1. The monoisotopic (exact) mass is 358 g/mol. The quantitative estimate of drug-likeness (QED) is 0.771. The largest absolute Gasteiger partial charge is 0.347 e. The van der Waals surface area contributed by atoms with Crippen molar-refractivity contribution in [3.63, 3.8) is 0 Å². The lowest BCUT2D eigenvalue weighted by molar-refractivity contribution is 0.0946. The molecule has 1 atom stereocenters. The Hall–Kier alpha value is -3.21. The van der Waals surface area contributed by atoms with Crippen LogP contribution in [-0.2, 0) is 13.0 Å². The van der Waals surface area contributed by atoms with E-state index >= 15 is 0 Å². The molecule has 0 radical (unpaired) electrons. The summed E-state index contributed by atoms with van der Waals surface area (Å²) < 4.78 is 0. The standard InChI is InChI=1S/C22H22N4O/c1-15-6-5-7-17(12-15)14-24-21(27)19-10-11-23-22(25-19)26-16(2)13-18-8-3-4-9-20(18)26/h3-12,16H,13-14H2,1-2H3,(H,24,27). The van der Waals surface area contributed by atoms with Crippen molar-refractivity contribution in [1.82, 2.24) is 15.3 Å². The van der Waals surface area contributed by atoms with E-state index in [2.05, 4.69) is 45.3 Å². The summed E-state index contributed by atoms with van der Waals surface area (Å²) in [6.07, 6.45) is 2.60. The van der Waals surface area contributed by atoms with Gasteiger partial charge >= 0.3 is 0 Å². The highest BCUT2D eigenvalue weighted by Crippen LogP contribution is 2.36. The molecule has 0 aliphatic carbocycles. The van der Waals surface area contributed by atoms with Crippen LogP contribution in [0.15, 0.2) is 60.8 Å². The fourth-order valence-corrected chi connectivity index (χ4v) is 3.56. The van der Waals surface area contributed by atoms with Gasteiger partial charge in [-0.05, 0) is 43.5 Å². The first-order chi connectivity index (χ1) is 13.1. The zero-order chi connectivity index (χ0) is 18.8. The summed E-state index contributed by atoms with van der Waals surface area (Å²) in [7, 11) is 0. The number of anilines is 2. The summed E-state index contributed by atoms with van der Waals surface area (Å²) in [6, 6.07) is 18.3. The molecule has 1 aromatic heterocycles. The molecule has 1 amide bonds. The van der Waals surface area contributed by atoms with E-state index < -0.39 is 0 Å². The van der Waals surface area contributed by atoms with E-state index in [-0.39, 0.29) is 11.9 Å². The zero-order valence-electron chi connectivity index (χ0n) is 15.5. The number of rotatable bonds is 4. The fourth-order valence-electron chi connectivity index (χ4n) is 3.56. The Kier molecular flexibility index (Phi) is 4.59. The third kappa shape index (κ3) is 3.53. The Morgan fingerprint density at radius 3 is 2.89 bits per heavy atom. The zero-order valence-corrected chi connectivity index (χ0v) is 15.5. The van der Waals surface area contributed by atoms with Crippen LogP contribution in [0.2, 0.25) is 0 Å². The second-order valence-corrected chi connectivity index (χ2v) is 6.97. The van der Waals surface area contributed by atoms with E-state index in [0.29, 0.717) is 18.2 Å². The highest BCUT2D eigenvalue weighted by molar-refractivity contribution is 5.92. The Balaban J connectivity index is 1.53. The molecule has 4 rings (SSSR count). The molecule has 0 saturated carbocycles. The van der Waals surface area contributed by atoms with Gasteiger partial charge < -0.3 is 10.2 Å². The van der Waals surface area contributed by atoms with Gasteiger partial charge in [-0.25, -0.2) is 9.97 Å². The maximum Gasteiger partial charge on any atom is 0.270 e. The molecule has 0 spiro atoms. The summed E-state index contributed by atoms with van der Waals surface area (Å²) >= 11 is 0. The molecule has 3 aromatic rings. The van der Waals surface area contributed by atoms with Gasteiger partial charge in [-0.3, -0.25) is 4.79 Å². The van der Waals surface area contributed by atoms with Gasteiger partial charge in [-0.2, -0.15) is 0 Å². The predicted molar refractivity (Wildman–Crippen MR) is 106 cm³/mol. The smallest absolute Gasteiger partial charge is 0.270 e. The van der Waals surface area contributed by atoms with Crippen molar-refractivity contribution in [2.75, 3.05) is 4.90 Å². The van der Waals surface area contributed by atoms with E-state index in [1.165, 1.54) is 11.1 Å². The summed E-state index contributed by atoms with van der Waals surface area (Å²) in [6.45, 7) is 4.66. The number of hydrogen-bond donors (Lipinski definition) is 1.